The van der Waals surface area contributed by atoms with Crippen molar-refractivity contribution in [3.05, 3.63) is 42.2 Å². The highest BCUT2D eigenvalue weighted by molar-refractivity contribution is 7.82. The molecule has 82 valence electrons. The zero-order valence-corrected chi connectivity index (χ0v) is 10.8. The number of nitrogens with zero attached hydrogens (tertiary/aromatic N) is 3. The summed E-state index contributed by atoms with van der Waals surface area (Å²) in [6.07, 6.45) is 3.42. The molecule has 2 heterocycles. The highest BCUT2D eigenvalue weighted by Gasteiger charge is 1.94. The van der Waals surface area contributed by atoms with Crippen LogP contribution in [0.4, 0.5) is 0 Å². The average Bonchev–Trinajstić information content (AvgIpc) is 2.91. The first-order valence-corrected chi connectivity index (χ1v) is 6.20. The van der Waals surface area contributed by atoms with Gasteiger partial charge in [-0.15, -0.1) is 24.0 Å². The number of hydrogen-bond acceptors (Lipinski definition) is 5. The number of rotatable bonds is 0. The van der Waals surface area contributed by atoms with E-state index in [4.69, 9.17) is 0 Å². The quantitative estimate of drug-likeness (QED) is 0.613. The number of imidazole rings is 1. The van der Waals surface area contributed by atoms with E-state index in [9.17, 15) is 0 Å². The molecule has 0 N–H and O–H groups in total. The smallest absolute Gasteiger partial charge is 0.146 e. The summed E-state index contributed by atoms with van der Waals surface area (Å²) in [7, 11) is 0. The van der Waals surface area contributed by atoms with Gasteiger partial charge in [-0.1, -0.05) is 24.9 Å². The molecule has 0 aliphatic rings. The van der Waals surface area contributed by atoms with Crippen molar-refractivity contribution < 1.29 is 0 Å². The summed E-state index contributed by atoms with van der Waals surface area (Å²) in [5.41, 5.74) is 2.03. The normalized spacial score (nSPS) is 9.88. The fourth-order valence-electron chi connectivity index (χ4n) is 1.16. The number of thiazole rings is 1. The molecule has 0 aliphatic carbocycles. The fraction of sp³-hybridized carbons (Fsp3) is 0. The largest absolute Gasteiger partial charge is 0.275 e. The minimum Gasteiger partial charge on any atom is -0.275 e. The molecule has 1 aromatic carbocycles. The van der Waals surface area contributed by atoms with Gasteiger partial charge in [0.2, 0.25) is 0 Å². The number of benzene rings is 1. The SMILES string of the molecule is Sc1nccs1.Sn1cnc2ccccc21. The van der Waals surface area contributed by atoms with Gasteiger partial charge in [-0.05, 0) is 12.1 Å². The van der Waals surface area contributed by atoms with Crippen LogP contribution in [0.15, 0.2) is 46.5 Å². The van der Waals surface area contributed by atoms with Gasteiger partial charge in [0.15, 0.2) is 0 Å². The Morgan fingerprint density at radius 3 is 2.56 bits per heavy atom. The summed E-state index contributed by atoms with van der Waals surface area (Å²) in [6, 6.07) is 7.87. The second kappa shape index (κ2) is 5.38. The third-order valence-corrected chi connectivity index (χ3v) is 3.18. The number of para-hydroxylation sites is 2. The molecule has 16 heavy (non-hydrogen) atoms. The van der Waals surface area contributed by atoms with Crippen molar-refractivity contribution in [1.82, 2.24) is 13.9 Å². The Balaban J connectivity index is 0.000000138. The molecule has 3 nitrogen and oxygen atoms in total. The van der Waals surface area contributed by atoms with Crippen LogP contribution in [0.25, 0.3) is 11.0 Å². The molecule has 0 saturated heterocycles. The predicted molar refractivity (Wildman–Crippen MR) is 73.5 cm³/mol. The van der Waals surface area contributed by atoms with Crippen LogP contribution < -0.4 is 0 Å². The van der Waals surface area contributed by atoms with E-state index in [1.54, 1.807) is 16.5 Å². The lowest BCUT2D eigenvalue weighted by Crippen LogP contribution is -1.73. The molecule has 0 saturated carbocycles. The van der Waals surface area contributed by atoms with Crippen molar-refractivity contribution >= 4 is 47.8 Å². The number of fused-ring (bicyclic) bond motifs is 1. The Hall–Kier alpha value is -0.980. The molecule has 6 heteroatoms. The van der Waals surface area contributed by atoms with Gasteiger partial charge in [0.05, 0.1) is 11.0 Å². The molecule has 0 spiro atoms. The summed E-state index contributed by atoms with van der Waals surface area (Å²) in [6.45, 7) is 0. The third kappa shape index (κ3) is 2.78. The van der Waals surface area contributed by atoms with Crippen LogP contribution in [0.3, 0.4) is 0 Å². The molecule has 0 fully saturated rings. The van der Waals surface area contributed by atoms with E-state index in [0.29, 0.717) is 0 Å². The van der Waals surface area contributed by atoms with Crippen molar-refractivity contribution in [1.29, 1.82) is 0 Å². The lowest BCUT2D eigenvalue weighted by Gasteiger charge is -1.88. The molecule has 3 rings (SSSR count). The molecular formula is C10H9N3S3. The summed E-state index contributed by atoms with van der Waals surface area (Å²) < 4.78 is 2.53. The van der Waals surface area contributed by atoms with Gasteiger partial charge in [-0.3, -0.25) is 3.97 Å². The van der Waals surface area contributed by atoms with Crippen LogP contribution >= 0.6 is 36.8 Å². The average molecular weight is 267 g/mol. The number of aromatic nitrogens is 3. The second-order valence-electron chi connectivity index (χ2n) is 2.89. The fourth-order valence-corrected chi connectivity index (χ4v) is 2.00. The lowest BCUT2D eigenvalue weighted by molar-refractivity contribution is 1.26. The maximum absolute atomic E-state index is 4.16. The molecule has 2 aromatic heterocycles. The Morgan fingerprint density at radius 1 is 1.19 bits per heavy atom. The van der Waals surface area contributed by atoms with Crippen LogP contribution in [0.2, 0.25) is 0 Å². The van der Waals surface area contributed by atoms with Crippen LogP contribution in [-0.2, 0) is 0 Å². The minimum atomic E-state index is 0.829. The van der Waals surface area contributed by atoms with Crippen molar-refractivity contribution in [2.45, 2.75) is 4.34 Å². The first-order chi connectivity index (χ1) is 7.77. The Morgan fingerprint density at radius 2 is 2.00 bits per heavy atom. The van der Waals surface area contributed by atoms with E-state index in [1.807, 2.05) is 29.6 Å². The van der Waals surface area contributed by atoms with Crippen molar-refractivity contribution in [2.75, 3.05) is 0 Å². The van der Waals surface area contributed by atoms with Crippen LogP contribution in [0.1, 0.15) is 0 Å². The van der Waals surface area contributed by atoms with Gasteiger partial charge in [-0.2, -0.15) is 0 Å². The van der Waals surface area contributed by atoms with Crippen molar-refractivity contribution in [3.8, 4) is 0 Å². The first-order valence-electron chi connectivity index (χ1n) is 4.47. The zero-order chi connectivity index (χ0) is 11.4. The number of hydrogen-bond donors (Lipinski definition) is 2. The van der Waals surface area contributed by atoms with Crippen LogP contribution in [0.5, 0.6) is 0 Å². The molecule has 0 unspecified atom stereocenters. The van der Waals surface area contributed by atoms with E-state index in [2.05, 4.69) is 35.4 Å². The maximum atomic E-state index is 4.16. The molecular weight excluding hydrogens is 258 g/mol. The van der Waals surface area contributed by atoms with Gasteiger partial charge in [0.25, 0.3) is 0 Å². The van der Waals surface area contributed by atoms with Crippen molar-refractivity contribution in [2.24, 2.45) is 0 Å². The summed E-state index contributed by atoms with van der Waals surface area (Å²) >= 11 is 9.63. The monoisotopic (exact) mass is 267 g/mol. The van der Waals surface area contributed by atoms with Crippen molar-refractivity contribution in [3.63, 3.8) is 0 Å². The molecule has 0 atom stereocenters. The van der Waals surface area contributed by atoms with Gasteiger partial charge < -0.3 is 0 Å². The predicted octanol–water partition coefficient (Wildman–Crippen LogP) is 3.16. The second-order valence-corrected chi connectivity index (χ2v) is 4.94. The van der Waals surface area contributed by atoms with Gasteiger partial charge >= 0.3 is 0 Å². The summed E-state index contributed by atoms with van der Waals surface area (Å²) in [5.74, 6) is 0. The van der Waals surface area contributed by atoms with Gasteiger partial charge in [0.1, 0.15) is 10.7 Å². The molecule has 3 aromatic rings. The Kier molecular flexibility index (Phi) is 3.87. The molecule has 0 amide bonds. The van der Waals surface area contributed by atoms with E-state index in [1.165, 1.54) is 11.3 Å². The molecule has 0 radical (unpaired) electrons. The van der Waals surface area contributed by atoms with Crippen LogP contribution in [0, 0.1) is 0 Å². The Bertz CT molecular complexity index is 559. The number of thiol groups is 2. The zero-order valence-electron chi connectivity index (χ0n) is 8.19. The summed E-state index contributed by atoms with van der Waals surface area (Å²) in [5, 5.41) is 1.89. The Labute approximate surface area is 108 Å². The van der Waals surface area contributed by atoms with E-state index >= 15 is 0 Å². The topological polar surface area (TPSA) is 30.7 Å². The first kappa shape index (κ1) is 11.5. The third-order valence-electron chi connectivity index (χ3n) is 1.85. The van der Waals surface area contributed by atoms with Gasteiger partial charge in [-0.25, -0.2) is 9.97 Å². The molecule has 0 aliphatic heterocycles. The van der Waals surface area contributed by atoms with E-state index in [-0.39, 0.29) is 0 Å². The maximum Gasteiger partial charge on any atom is 0.146 e. The molecule has 0 bridgehead atoms. The van der Waals surface area contributed by atoms with Gasteiger partial charge in [0, 0.05) is 11.6 Å². The minimum absolute atomic E-state index is 0.829. The van der Waals surface area contributed by atoms with E-state index in [0.717, 1.165) is 15.4 Å². The van der Waals surface area contributed by atoms with E-state index < -0.39 is 0 Å². The summed E-state index contributed by atoms with van der Waals surface area (Å²) in [4.78, 5) is 7.90. The lowest BCUT2D eigenvalue weighted by atomic mass is 10.3. The standard InChI is InChI=1S/C7H6N2S.C3H3NS2/c10-9-5-8-6-3-1-2-4-7(6)9;5-3-4-1-2-6-3/h1-5,10H;1-2H,(H,4,5). The van der Waals surface area contributed by atoms with Crippen LogP contribution in [-0.4, -0.2) is 13.9 Å². The highest BCUT2D eigenvalue weighted by atomic mass is 32.2. The highest BCUT2D eigenvalue weighted by Crippen LogP contribution is 2.11.